The highest BCUT2D eigenvalue weighted by Crippen LogP contribution is 2.26. The first-order valence-corrected chi connectivity index (χ1v) is 10.0. The van der Waals surface area contributed by atoms with Crippen LogP contribution in [0.25, 0.3) is 0 Å². The van der Waals surface area contributed by atoms with Crippen LogP contribution in [0.2, 0.25) is 5.02 Å². The summed E-state index contributed by atoms with van der Waals surface area (Å²) in [5, 5.41) is 3.28. The highest BCUT2D eigenvalue weighted by molar-refractivity contribution is 7.89. The molecule has 6 nitrogen and oxygen atoms in total. The van der Waals surface area contributed by atoms with Crippen molar-refractivity contribution < 1.29 is 13.2 Å². The van der Waals surface area contributed by atoms with E-state index in [1.165, 1.54) is 33.8 Å². The maximum absolute atomic E-state index is 12.6. The number of nitrogens with one attached hydrogen (secondary N) is 1. The normalized spacial score (nSPS) is 15.6. The van der Waals surface area contributed by atoms with Crippen molar-refractivity contribution in [3.8, 4) is 0 Å². The van der Waals surface area contributed by atoms with E-state index in [9.17, 15) is 13.2 Å². The molecule has 0 aliphatic carbocycles. The van der Waals surface area contributed by atoms with Gasteiger partial charge in [0.25, 0.3) is 5.91 Å². The number of amides is 1. The molecule has 0 bridgehead atoms. The number of hydrogen-bond acceptors (Lipinski definition) is 5. The Hall–Kier alpha value is -1.48. The number of aryl methyl sites for hydroxylation is 1. The molecule has 2 heterocycles. The molecule has 1 fully saturated rings. The Morgan fingerprint density at radius 1 is 1.33 bits per heavy atom. The van der Waals surface area contributed by atoms with Crippen molar-refractivity contribution >= 4 is 44.0 Å². The van der Waals surface area contributed by atoms with E-state index in [0.29, 0.717) is 18.2 Å². The van der Waals surface area contributed by atoms with Gasteiger partial charge < -0.3 is 0 Å². The van der Waals surface area contributed by atoms with Gasteiger partial charge in [-0.3, -0.25) is 10.1 Å². The molecule has 1 aromatic carbocycles. The third-order valence-corrected chi connectivity index (χ3v) is 6.78. The van der Waals surface area contributed by atoms with Crippen molar-refractivity contribution in [3.05, 3.63) is 39.9 Å². The Balaban J connectivity index is 1.90. The Labute approximate surface area is 149 Å². The van der Waals surface area contributed by atoms with Crippen molar-refractivity contribution in [2.45, 2.75) is 24.7 Å². The lowest BCUT2D eigenvalue weighted by molar-refractivity contribution is 0.102. The second-order valence-electron chi connectivity index (χ2n) is 5.48. The first-order chi connectivity index (χ1) is 11.4. The topological polar surface area (TPSA) is 79.4 Å². The zero-order valence-electron chi connectivity index (χ0n) is 13.0. The van der Waals surface area contributed by atoms with Crippen molar-refractivity contribution in [3.63, 3.8) is 0 Å². The molecule has 128 valence electrons. The van der Waals surface area contributed by atoms with E-state index in [1.54, 1.807) is 6.20 Å². The Bertz CT molecular complexity index is 874. The average Bonchev–Trinajstić information content (AvgIpc) is 3.19. The van der Waals surface area contributed by atoms with Crippen LogP contribution in [-0.4, -0.2) is 36.7 Å². The van der Waals surface area contributed by atoms with E-state index in [-0.39, 0.29) is 15.5 Å². The van der Waals surface area contributed by atoms with Crippen LogP contribution in [-0.2, 0) is 10.0 Å². The molecule has 0 radical (unpaired) electrons. The molecular weight excluding hydrogens is 370 g/mol. The van der Waals surface area contributed by atoms with Crippen molar-refractivity contribution in [1.29, 1.82) is 0 Å². The number of halogens is 1. The summed E-state index contributed by atoms with van der Waals surface area (Å²) in [6, 6.07) is 4.19. The van der Waals surface area contributed by atoms with Crippen LogP contribution in [0.3, 0.4) is 0 Å². The van der Waals surface area contributed by atoms with E-state index >= 15 is 0 Å². The third kappa shape index (κ3) is 3.46. The summed E-state index contributed by atoms with van der Waals surface area (Å²) in [6.07, 6.45) is 3.35. The Kier molecular flexibility index (Phi) is 4.91. The van der Waals surface area contributed by atoms with Crippen molar-refractivity contribution in [1.82, 2.24) is 9.29 Å². The van der Waals surface area contributed by atoms with Gasteiger partial charge >= 0.3 is 0 Å². The molecule has 24 heavy (non-hydrogen) atoms. The van der Waals surface area contributed by atoms with Crippen LogP contribution in [0.1, 0.15) is 28.1 Å². The van der Waals surface area contributed by atoms with E-state index in [1.807, 2.05) is 6.92 Å². The summed E-state index contributed by atoms with van der Waals surface area (Å²) in [5.41, 5.74) is 0.116. The first-order valence-electron chi connectivity index (χ1n) is 7.41. The van der Waals surface area contributed by atoms with Crippen LogP contribution in [0.5, 0.6) is 0 Å². The smallest absolute Gasteiger partial charge is 0.259 e. The summed E-state index contributed by atoms with van der Waals surface area (Å²) >= 11 is 7.42. The number of carbonyl (C=O) groups excluding carboxylic acids is 1. The zero-order valence-corrected chi connectivity index (χ0v) is 15.3. The van der Waals surface area contributed by atoms with Gasteiger partial charge in [0.1, 0.15) is 0 Å². The molecule has 0 spiro atoms. The minimum atomic E-state index is -3.60. The molecule has 3 rings (SSSR count). The molecule has 1 aromatic heterocycles. The first kappa shape index (κ1) is 17.3. The maximum Gasteiger partial charge on any atom is 0.259 e. The number of thiazole rings is 1. The van der Waals surface area contributed by atoms with Gasteiger partial charge in [0.2, 0.25) is 10.0 Å². The molecule has 0 unspecified atom stereocenters. The van der Waals surface area contributed by atoms with Gasteiger partial charge in [0, 0.05) is 24.2 Å². The van der Waals surface area contributed by atoms with E-state index in [2.05, 4.69) is 10.3 Å². The zero-order chi connectivity index (χ0) is 17.3. The minimum Gasteiger partial charge on any atom is -0.298 e. The summed E-state index contributed by atoms with van der Waals surface area (Å²) in [4.78, 5) is 17.5. The summed E-state index contributed by atoms with van der Waals surface area (Å²) in [6.45, 7) is 2.89. The van der Waals surface area contributed by atoms with Gasteiger partial charge in [0.05, 0.1) is 15.5 Å². The van der Waals surface area contributed by atoms with Crippen LogP contribution >= 0.6 is 22.9 Å². The molecular formula is C15H16ClN3O3S2. The van der Waals surface area contributed by atoms with Crippen LogP contribution in [0.4, 0.5) is 5.13 Å². The molecule has 1 N–H and O–H groups in total. The number of sulfonamides is 1. The van der Waals surface area contributed by atoms with Gasteiger partial charge in [0.15, 0.2) is 5.13 Å². The highest BCUT2D eigenvalue weighted by atomic mass is 35.5. The van der Waals surface area contributed by atoms with E-state index < -0.39 is 15.9 Å². The van der Waals surface area contributed by atoms with E-state index in [0.717, 1.165) is 17.7 Å². The number of aromatic nitrogens is 1. The fourth-order valence-electron chi connectivity index (χ4n) is 2.49. The van der Waals surface area contributed by atoms with E-state index in [4.69, 9.17) is 11.6 Å². The molecule has 1 amide bonds. The van der Waals surface area contributed by atoms with Gasteiger partial charge in [-0.05, 0) is 38.0 Å². The highest BCUT2D eigenvalue weighted by Gasteiger charge is 2.28. The molecule has 2 aromatic rings. The monoisotopic (exact) mass is 385 g/mol. The maximum atomic E-state index is 12.6. The second kappa shape index (κ2) is 6.79. The van der Waals surface area contributed by atoms with Crippen molar-refractivity contribution in [2.24, 2.45) is 0 Å². The second-order valence-corrected chi connectivity index (χ2v) is 9.06. The molecule has 0 saturated carbocycles. The molecule has 1 aliphatic rings. The Morgan fingerprint density at radius 2 is 2.04 bits per heavy atom. The number of rotatable bonds is 4. The van der Waals surface area contributed by atoms with Gasteiger partial charge in [-0.25, -0.2) is 13.4 Å². The van der Waals surface area contributed by atoms with Crippen LogP contribution in [0, 0.1) is 6.92 Å². The molecule has 9 heteroatoms. The number of carbonyl (C=O) groups is 1. The van der Waals surface area contributed by atoms with Crippen LogP contribution < -0.4 is 5.32 Å². The Morgan fingerprint density at radius 3 is 2.67 bits per heavy atom. The molecule has 1 aliphatic heterocycles. The van der Waals surface area contributed by atoms with Gasteiger partial charge in [-0.2, -0.15) is 4.31 Å². The fourth-order valence-corrected chi connectivity index (χ4v) is 4.90. The lowest BCUT2D eigenvalue weighted by Crippen LogP contribution is -2.28. The number of nitrogens with zero attached hydrogens (tertiary/aromatic N) is 2. The van der Waals surface area contributed by atoms with Gasteiger partial charge in [-0.15, -0.1) is 11.3 Å². The molecule has 0 atom stereocenters. The minimum absolute atomic E-state index is 0.0780. The summed E-state index contributed by atoms with van der Waals surface area (Å²) in [5.74, 6) is -0.479. The largest absolute Gasteiger partial charge is 0.298 e. The number of anilines is 1. The van der Waals surface area contributed by atoms with Crippen molar-refractivity contribution in [2.75, 3.05) is 18.4 Å². The SMILES string of the molecule is Cc1cnc(NC(=O)c2cc(S(=O)(=O)N3CCCC3)ccc2Cl)s1. The summed E-state index contributed by atoms with van der Waals surface area (Å²) < 4.78 is 26.7. The predicted octanol–water partition coefficient (Wildman–Crippen LogP) is 3.14. The summed E-state index contributed by atoms with van der Waals surface area (Å²) in [7, 11) is -3.60. The quantitative estimate of drug-likeness (QED) is 0.876. The number of hydrogen-bond donors (Lipinski definition) is 1. The standard InChI is InChI=1S/C15H16ClN3O3S2/c1-10-9-17-15(23-10)18-14(20)12-8-11(4-5-13(12)16)24(21,22)19-6-2-3-7-19/h4-5,8-9H,2-3,6-7H2,1H3,(H,17,18,20). The number of benzene rings is 1. The third-order valence-electron chi connectivity index (χ3n) is 3.73. The van der Waals surface area contributed by atoms with Crippen LogP contribution in [0.15, 0.2) is 29.3 Å². The lowest BCUT2D eigenvalue weighted by Gasteiger charge is -2.16. The average molecular weight is 386 g/mol. The molecule has 1 saturated heterocycles. The lowest BCUT2D eigenvalue weighted by atomic mass is 10.2. The predicted molar refractivity (Wildman–Crippen MR) is 94.2 cm³/mol. The fraction of sp³-hybridized carbons (Fsp3) is 0.333. The van der Waals surface area contributed by atoms with Gasteiger partial charge in [-0.1, -0.05) is 11.6 Å².